The van der Waals surface area contributed by atoms with Crippen LogP contribution < -0.4 is 10.1 Å². The number of rotatable bonds is 5. The Labute approximate surface area is 151 Å². The second-order valence-corrected chi connectivity index (χ2v) is 6.91. The van der Waals surface area contributed by atoms with Crippen LogP contribution in [0.3, 0.4) is 0 Å². The number of carbonyl (C=O) groups excluding carboxylic acids is 1. The maximum Gasteiger partial charge on any atom is 0.267 e. The number of nitrogens with zero attached hydrogens (tertiary/aromatic N) is 1. The zero-order chi connectivity index (χ0) is 17.8. The van der Waals surface area contributed by atoms with Crippen molar-refractivity contribution in [3.63, 3.8) is 0 Å². The first-order valence-electron chi connectivity index (χ1n) is 8.06. The van der Waals surface area contributed by atoms with Gasteiger partial charge in [0.2, 0.25) is 0 Å². The highest BCUT2D eigenvalue weighted by molar-refractivity contribution is 7.13. The fourth-order valence-corrected chi connectivity index (χ4v) is 3.33. The lowest BCUT2D eigenvalue weighted by atomic mass is 10.1. The van der Waals surface area contributed by atoms with Crippen LogP contribution in [0.1, 0.15) is 31.5 Å². The van der Waals surface area contributed by atoms with Gasteiger partial charge in [-0.2, -0.15) is 0 Å². The number of hydrogen-bond donors (Lipinski definition) is 1. The van der Waals surface area contributed by atoms with E-state index in [1.54, 1.807) is 0 Å². The Morgan fingerprint density at radius 1 is 1.08 bits per heavy atom. The minimum Gasteiger partial charge on any atom is -0.486 e. The van der Waals surface area contributed by atoms with Crippen molar-refractivity contribution in [1.29, 1.82) is 0 Å². The van der Waals surface area contributed by atoms with E-state index in [2.05, 4.69) is 10.3 Å². The number of para-hydroxylation sites is 1. The Bertz CT molecular complexity index is 888. The van der Waals surface area contributed by atoms with Crippen LogP contribution in [-0.4, -0.2) is 10.9 Å². The number of thiazole rings is 1. The molecule has 0 unspecified atom stereocenters. The summed E-state index contributed by atoms with van der Waals surface area (Å²) < 4.78 is 5.71. The molecule has 3 aromatic rings. The molecule has 0 spiro atoms. The van der Waals surface area contributed by atoms with Gasteiger partial charge in [0.15, 0.2) is 0 Å². The first-order chi connectivity index (χ1) is 12.0. The highest BCUT2D eigenvalue weighted by Crippen LogP contribution is 2.23. The van der Waals surface area contributed by atoms with E-state index in [1.807, 2.05) is 69.3 Å². The van der Waals surface area contributed by atoms with E-state index in [0.29, 0.717) is 11.5 Å². The molecule has 25 heavy (non-hydrogen) atoms. The number of ether oxygens (including phenoxy) is 1. The van der Waals surface area contributed by atoms with Crippen molar-refractivity contribution in [2.75, 3.05) is 5.32 Å². The first kappa shape index (κ1) is 17.2. The summed E-state index contributed by atoms with van der Waals surface area (Å²) in [4.78, 5) is 17.7. The molecule has 0 aliphatic carbocycles. The van der Waals surface area contributed by atoms with E-state index in [0.717, 1.165) is 33.3 Å². The van der Waals surface area contributed by atoms with E-state index in [1.165, 1.54) is 11.3 Å². The third-order valence-electron chi connectivity index (χ3n) is 4.01. The normalized spacial score (nSPS) is 10.5. The predicted molar refractivity (Wildman–Crippen MR) is 101 cm³/mol. The van der Waals surface area contributed by atoms with Crippen molar-refractivity contribution >= 4 is 22.9 Å². The lowest BCUT2D eigenvalue weighted by molar-refractivity contribution is 0.102. The smallest absolute Gasteiger partial charge is 0.267 e. The van der Waals surface area contributed by atoms with Crippen LogP contribution in [0.2, 0.25) is 0 Å². The second-order valence-electron chi connectivity index (χ2n) is 5.83. The fraction of sp³-hybridized carbons (Fsp3) is 0.200. The number of nitrogens with one attached hydrogen (secondary N) is 1. The summed E-state index contributed by atoms with van der Waals surface area (Å²) in [5.74, 6) is 0.659. The molecule has 128 valence electrons. The van der Waals surface area contributed by atoms with E-state index in [-0.39, 0.29) is 5.91 Å². The highest BCUT2D eigenvalue weighted by atomic mass is 32.1. The van der Waals surface area contributed by atoms with Crippen LogP contribution in [0.15, 0.2) is 48.5 Å². The molecule has 0 aliphatic heterocycles. The summed E-state index contributed by atoms with van der Waals surface area (Å²) in [6.45, 7) is 6.23. The van der Waals surface area contributed by atoms with Crippen molar-refractivity contribution in [1.82, 2.24) is 4.98 Å². The standard InChI is InChI=1S/C20H20N2O2S/c1-13-8-7-11-17(14(13)2)22-20(23)19-15(3)21-18(25-19)12-24-16-9-5-4-6-10-16/h4-11H,12H2,1-3H3,(H,22,23). The summed E-state index contributed by atoms with van der Waals surface area (Å²) in [6, 6.07) is 15.5. The van der Waals surface area contributed by atoms with Crippen molar-refractivity contribution in [3.8, 4) is 5.75 Å². The molecule has 0 aliphatic rings. The average Bonchev–Trinajstić information content (AvgIpc) is 2.99. The Balaban J connectivity index is 1.71. The van der Waals surface area contributed by atoms with Crippen molar-refractivity contribution in [3.05, 3.63) is 75.2 Å². The molecule has 0 saturated heterocycles. The van der Waals surface area contributed by atoms with E-state index in [9.17, 15) is 4.79 Å². The summed E-state index contributed by atoms with van der Waals surface area (Å²) in [5.41, 5.74) is 3.78. The van der Waals surface area contributed by atoms with Crippen LogP contribution in [-0.2, 0) is 6.61 Å². The lowest BCUT2D eigenvalue weighted by Crippen LogP contribution is -2.12. The molecule has 1 amide bonds. The molecule has 3 rings (SSSR count). The van der Waals surface area contributed by atoms with Crippen LogP contribution >= 0.6 is 11.3 Å². The Morgan fingerprint density at radius 3 is 2.60 bits per heavy atom. The highest BCUT2D eigenvalue weighted by Gasteiger charge is 2.16. The number of hydrogen-bond acceptors (Lipinski definition) is 4. The summed E-state index contributed by atoms with van der Waals surface area (Å²) in [6.07, 6.45) is 0. The molecule has 0 saturated carbocycles. The van der Waals surface area contributed by atoms with E-state index < -0.39 is 0 Å². The third-order valence-corrected chi connectivity index (χ3v) is 5.14. The van der Waals surface area contributed by atoms with E-state index >= 15 is 0 Å². The Morgan fingerprint density at radius 2 is 1.84 bits per heavy atom. The van der Waals surface area contributed by atoms with Gasteiger partial charge in [0.25, 0.3) is 5.91 Å². The third kappa shape index (κ3) is 4.06. The molecule has 0 bridgehead atoms. The van der Waals surface area contributed by atoms with Crippen molar-refractivity contribution < 1.29 is 9.53 Å². The zero-order valence-corrected chi connectivity index (χ0v) is 15.3. The van der Waals surface area contributed by atoms with Gasteiger partial charge in [-0.3, -0.25) is 4.79 Å². The number of carbonyl (C=O) groups is 1. The van der Waals surface area contributed by atoms with Gasteiger partial charge in [-0.05, 0) is 50.1 Å². The van der Waals surface area contributed by atoms with Gasteiger partial charge in [0, 0.05) is 5.69 Å². The van der Waals surface area contributed by atoms with Gasteiger partial charge < -0.3 is 10.1 Å². The maximum absolute atomic E-state index is 12.6. The van der Waals surface area contributed by atoms with Crippen LogP contribution in [0.5, 0.6) is 5.75 Å². The quantitative estimate of drug-likeness (QED) is 0.710. The van der Waals surface area contributed by atoms with Crippen LogP contribution in [0.4, 0.5) is 5.69 Å². The SMILES string of the molecule is Cc1cccc(NC(=O)c2sc(COc3ccccc3)nc2C)c1C. The van der Waals surface area contributed by atoms with Crippen LogP contribution in [0.25, 0.3) is 0 Å². The summed E-state index contributed by atoms with van der Waals surface area (Å²) >= 11 is 1.37. The monoisotopic (exact) mass is 352 g/mol. The molecule has 1 N–H and O–H groups in total. The molecular weight excluding hydrogens is 332 g/mol. The minimum absolute atomic E-state index is 0.130. The average molecular weight is 352 g/mol. The summed E-state index contributed by atoms with van der Waals surface area (Å²) in [5, 5.41) is 3.77. The number of anilines is 1. The molecule has 4 nitrogen and oxygen atoms in total. The number of amides is 1. The number of aryl methyl sites for hydroxylation is 2. The Hall–Kier alpha value is -2.66. The zero-order valence-electron chi connectivity index (χ0n) is 14.5. The largest absolute Gasteiger partial charge is 0.486 e. The Kier molecular flexibility index (Phi) is 5.14. The van der Waals surface area contributed by atoms with Crippen molar-refractivity contribution in [2.24, 2.45) is 0 Å². The van der Waals surface area contributed by atoms with Gasteiger partial charge in [-0.1, -0.05) is 30.3 Å². The molecule has 0 atom stereocenters. The maximum atomic E-state index is 12.6. The molecule has 5 heteroatoms. The van der Waals surface area contributed by atoms with Crippen molar-refractivity contribution in [2.45, 2.75) is 27.4 Å². The fourth-order valence-electron chi connectivity index (χ4n) is 2.45. The van der Waals surface area contributed by atoms with Crippen LogP contribution in [0, 0.1) is 20.8 Å². The van der Waals surface area contributed by atoms with Gasteiger partial charge >= 0.3 is 0 Å². The second kappa shape index (κ2) is 7.49. The summed E-state index contributed by atoms with van der Waals surface area (Å²) in [7, 11) is 0. The van der Waals surface area contributed by atoms with E-state index in [4.69, 9.17) is 4.74 Å². The molecule has 2 aromatic carbocycles. The first-order valence-corrected chi connectivity index (χ1v) is 8.88. The lowest BCUT2D eigenvalue weighted by Gasteiger charge is -2.09. The molecular formula is C20H20N2O2S. The molecule has 0 radical (unpaired) electrons. The minimum atomic E-state index is -0.130. The van der Waals surface area contributed by atoms with Gasteiger partial charge in [0.05, 0.1) is 5.69 Å². The number of aromatic nitrogens is 1. The van der Waals surface area contributed by atoms with Gasteiger partial charge in [-0.25, -0.2) is 4.98 Å². The van der Waals surface area contributed by atoms with Gasteiger partial charge in [-0.15, -0.1) is 11.3 Å². The van der Waals surface area contributed by atoms with Gasteiger partial charge in [0.1, 0.15) is 22.2 Å². The topological polar surface area (TPSA) is 51.2 Å². The molecule has 1 aromatic heterocycles. The molecule has 1 heterocycles. The number of benzene rings is 2. The molecule has 0 fully saturated rings. The predicted octanol–water partition coefficient (Wildman–Crippen LogP) is 4.90.